The van der Waals surface area contributed by atoms with Gasteiger partial charge in [-0.1, -0.05) is 13.8 Å². The van der Waals surface area contributed by atoms with Crippen LogP contribution in [-0.4, -0.2) is 42.9 Å². The summed E-state index contributed by atoms with van der Waals surface area (Å²) in [6, 6.07) is 0.0430. The van der Waals surface area contributed by atoms with Gasteiger partial charge in [-0.2, -0.15) is 0 Å². The molecule has 2 N–H and O–H groups in total. The maximum atomic E-state index is 12.9. The van der Waals surface area contributed by atoms with E-state index >= 15 is 0 Å². The molecule has 17 heavy (non-hydrogen) atoms. The Morgan fingerprint density at radius 1 is 1.47 bits per heavy atom. The van der Waals surface area contributed by atoms with Gasteiger partial charge in [0.25, 0.3) is 5.92 Å². The van der Waals surface area contributed by atoms with Crippen LogP contribution < -0.4 is 5.32 Å². The molecule has 0 aromatic rings. The maximum absolute atomic E-state index is 12.9. The minimum absolute atomic E-state index is 0.0430. The van der Waals surface area contributed by atoms with Gasteiger partial charge in [-0.3, -0.25) is 0 Å². The molecule has 0 radical (unpaired) electrons. The maximum Gasteiger partial charge on any atom is 0.282 e. The minimum Gasteiger partial charge on any atom is -0.390 e. The Kier molecular flexibility index (Phi) is 4.86. The zero-order valence-corrected chi connectivity index (χ0v) is 10.8. The largest absolute Gasteiger partial charge is 0.390 e. The highest BCUT2D eigenvalue weighted by Gasteiger charge is 2.51. The lowest BCUT2D eigenvalue weighted by Gasteiger charge is -2.54. The van der Waals surface area contributed by atoms with Crippen molar-refractivity contribution in [1.29, 1.82) is 0 Å². The third-order valence-electron chi connectivity index (χ3n) is 3.95. The number of hydrogen-bond donors (Lipinski definition) is 2. The lowest BCUT2D eigenvalue weighted by molar-refractivity contribution is -0.133. The molecule has 0 spiro atoms. The third kappa shape index (κ3) is 3.14. The van der Waals surface area contributed by atoms with Crippen LogP contribution in [0.2, 0.25) is 0 Å². The second kappa shape index (κ2) is 5.59. The van der Waals surface area contributed by atoms with E-state index in [0.717, 1.165) is 12.8 Å². The molecule has 102 valence electrons. The van der Waals surface area contributed by atoms with Gasteiger partial charge < -0.3 is 15.2 Å². The Morgan fingerprint density at radius 2 is 2.12 bits per heavy atom. The highest BCUT2D eigenvalue weighted by Crippen LogP contribution is 2.45. The van der Waals surface area contributed by atoms with E-state index in [1.165, 1.54) is 0 Å². The number of halogens is 2. The molecule has 3 atom stereocenters. The molecule has 0 saturated heterocycles. The molecule has 0 bridgehead atoms. The van der Waals surface area contributed by atoms with E-state index in [2.05, 4.69) is 12.2 Å². The van der Waals surface area contributed by atoms with E-state index in [-0.39, 0.29) is 17.6 Å². The number of aliphatic hydroxyl groups is 1. The molecule has 1 fully saturated rings. The standard InChI is InChI=1S/C12H23F2NO2/c1-4-11(3)9(6-10(11)17-5-2)15-7-12(13,14)8-16/h9-10,15-16H,4-8H2,1-3H3. The summed E-state index contributed by atoms with van der Waals surface area (Å²) in [5.41, 5.74) is -0.0818. The van der Waals surface area contributed by atoms with Crippen LogP contribution in [0.4, 0.5) is 8.78 Å². The Hall–Kier alpha value is -0.260. The number of alkyl halides is 2. The van der Waals surface area contributed by atoms with Gasteiger partial charge in [0.05, 0.1) is 12.6 Å². The van der Waals surface area contributed by atoms with Crippen LogP contribution >= 0.6 is 0 Å². The van der Waals surface area contributed by atoms with Crippen LogP contribution in [0, 0.1) is 5.41 Å². The third-order valence-corrected chi connectivity index (χ3v) is 3.95. The first-order valence-corrected chi connectivity index (χ1v) is 6.23. The molecule has 0 amide bonds. The van der Waals surface area contributed by atoms with Crippen LogP contribution in [0.3, 0.4) is 0 Å². The molecular weight excluding hydrogens is 228 g/mol. The molecular formula is C12H23F2NO2. The number of hydrogen-bond acceptors (Lipinski definition) is 3. The van der Waals surface area contributed by atoms with Gasteiger partial charge in [0, 0.05) is 18.1 Å². The van der Waals surface area contributed by atoms with Crippen molar-refractivity contribution >= 4 is 0 Å². The molecule has 3 unspecified atom stereocenters. The van der Waals surface area contributed by atoms with Crippen molar-refractivity contribution in [3.8, 4) is 0 Å². The molecule has 0 aromatic carbocycles. The van der Waals surface area contributed by atoms with E-state index in [9.17, 15) is 8.78 Å². The normalized spacial score (nSPS) is 33.5. The summed E-state index contributed by atoms with van der Waals surface area (Å²) in [6.07, 6.45) is 1.80. The first kappa shape index (κ1) is 14.8. The van der Waals surface area contributed by atoms with Crippen molar-refractivity contribution in [3.05, 3.63) is 0 Å². The summed E-state index contributed by atoms with van der Waals surface area (Å²) in [6.45, 7) is 5.12. The second-order valence-corrected chi connectivity index (χ2v) is 4.99. The monoisotopic (exact) mass is 251 g/mol. The van der Waals surface area contributed by atoms with E-state index in [0.29, 0.717) is 6.61 Å². The second-order valence-electron chi connectivity index (χ2n) is 4.99. The molecule has 0 aliphatic heterocycles. The molecule has 0 heterocycles. The van der Waals surface area contributed by atoms with E-state index in [1.807, 2.05) is 13.8 Å². The van der Waals surface area contributed by atoms with Crippen molar-refractivity contribution in [3.63, 3.8) is 0 Å². The summed E-state index contributed by atoms with van der Waals surface area (Å²) >= 11 is 0. The minimum atomic E-state index is -3.04. The molecule has 5 heteroatoms. The predicted octanol–water partition coefficient (Wildman–Crippen LogP) is 1.80. The van der Waals surface area contributed by atoms with Crippen molar-refractivity contribution in [1.82, 2.24) is 5.32 Å². The highest BCUT2D eigenvalue weighted by atomic mass is 19.3. The van der Waals surface area contributed by atoms with Gasteiger partial charge in [-0.15, -0.1) is 0 Å². The van der Waals surface area contributed by atoms with Crippen LogP contribution in [0.1, 0.15) is 33.6 Å². The van der Waals surface area contributed by atoms with Crippen LogP contribution in [0.25, 0.3) is 0 Å². The lowest BCUT2D eigenvalue weighted by atomic mass is 9.61. The summed E-state index contributed by atoms with van der Waals surface area (Å²) in [7, 11) is 0. The first-order chi connectivity index (χ1) is 7.89. The quantitative estimate of drug-likeness (QED) is 0.725. The zero-order valence-electron chi connectivity index (χ0n) is 10.8. The van der Waals surface area contributed by atoms with Gasteiger partial charge in [0.15, 0.2) is 0 Å². The van der Waals surface area contributed by atoms with Crippen LogP contribution in [0.5, 0.6) is 0 Å². The average Bonchev–Trinajstić information content (AvgIpc) is 2.31. The van der Waals surface area contributed by atoms with Gasteiger partial charge in [0.1, 0.15) is 6.61 Å². The smallest absolute Gasteiger partial charge is 0.282 e. The summed E-state index contributed by atoms with van der Waals surface area (Å²) in [4.78, 5) is 0. The number of nitrogens with one attached hydrogen (secondary N) is 1. The fraction of sp³-hybridized carbons (Fsp3) is 1.00. The number of ether oxygens (including phenoxy) is 1. The topological polar surface area (TPSA) is 41.5 Å². The number of aliphatic hydroxyl groups excluding tert-OH is 1. The molecule has 3 nitrogen and oxygen atoms in total. The Balaban J connectivity index is 2.46. The number of rotatable bonds is 7. The first-order valence-electron chi connectivity index (χ1n) is 6.23. The Morgan fingerprint density at radius 3 is 2.59 bits per heavy atom. The molecule has 1 aliphatic rings. The molecule has 1 rings (SSSR count). The average molecular weight is 251 g/mol. The fourth-order valence-corrected chi connectivity index (χ4v) is 2.40. The zero-order chi connectivity index (χ0) is 13.1. The highest BCUT2D eigenvalue weighted by molar-refractivity contribution is 5.05. The van der Waals surface area contributed by atoms with Gasteiger partial charge in [-0.05, 0) is 19.8 Å². The molecule has 1 aliphatic carbocycles. The van der Waals surface area contributed by atoms with Crippen molar-refractivity contribution in [2.24, 2.45) is 5.41 Å². The van der Waals surface area contributed by atoms with Crippen LogP contribution in [0.15, 0.2) is 0 Å². The lowest BCUT2D eigenvalue weighted by Crippen LogP contribution is -2.63. The summed E-state index contributed by atoms with van der Waals surface area (Å²) in [5.74, 6) is -3.04. The molecule has 0 aromatic heterocycles. The van der Waals surface area contributed by atoms with E-state index in [1.54, 1.807) is 0 Å². The SMILES string of the molecule is CCOC1CC(NCC(F)(F)CO)C1(C)CC. The Bertz CT molecular complexity index is 251. The van der Waals surface area contributed by atoms with Crippen molar-refractivity contribution < 1.29 is 18.6 Å². The van der Waals surface area contributed by atoms with E-state index < -0.39 is 19.1 Å². The van der Waals surface area contributed by atoms with Crippen molar-refractivity contribution in [2.75, 3.05) is 19.8 Å². The molecule has 1 saturated carbocycles. The van der Waals surface area contributed by atoms with Gasteiger partial charge in [-0.25, -0.2) is 8.78 Å². The predicted molar refractivity (Wildman–Crippen MR) is 62.3 cm³/mol. The van der Waals surface area contributed by atoms with Gasteiger partial charge >= 0.3 is 0 Å². The van der Waals surface area contributed by atoms with Gasteiger partial charge in [0.2, 0.25) is 0 Å². The summed E-state index contributed by atoms with van der Waals surface area (Å²) in [5, 5.41) is 11.4. The van der Waals surface area contributed by atoms with Crippen molar-refractivity contribution in [2.45, 2.75) is 51.7 Å². The Labute approximate surface area is 102 Å². The van der Waals surface area contributed by atoms with Crippen LogP contribution in [-0.2, 0) is 4.74 Å². The van der Waals surface area contributed by atoms with E-state index in [4.69, 9.17) is 9.84 Å². The fourth-order valence-electron chi connectivity index (χ4n) is 2.40. The summed E-state index contributed by atoms with van der Waals surface area (Å²) < 4.78 is 31.5.